The largest absolute Gasteiger partial charge is 0.345 e. The van der Waals surface area contributed by atoms with Crippen molar-refractivity contribution in [3.05, 3.63) is 69.8 Å². The quantitative estimate of drug-likeness (QED) is 0.862. The summed E-state index contributed by atoms with van der Waals surface area (Å²) in [5, 5.41) is 3.18. The molecule has 0 aromatic heterocycles. The Morgan fingerprint density at radius 2 is 1.64 bits per heavy atom. The van der Waals surface area contributed by atoms with Gasteiger partial charge in [0.15, 0.2) is 0 Å². The standard InChI is InChI=1S/C20H25NO/c1-6-19(17-10-9-14(3)16(5)12-17)21-20(22)18-11-13(2)7-8-15(18)4/h7-12,19H,6H2,1-5H3,(H,21,22)/t19-/m1/s1. The van der Waals surface area contributed by atoms with Crippen molar-refractivity contribution in [2.24, 2.45) is 0 Å². The lowest BCUT2D eigenvalue weighted by atomic mass is 9.98. The Balaban J connectivity index is 2.24. The van der Waals surface area contributed by atoms with Crippen LogP contribution in [0.5, 0.6) is 0 Å². The van der Waals surface area contributed by atoms with Crippen molar-refractivity contribution in [3.8, 4) is 0 Å². The number of aryl methyl sites for hydroxylation is 4. The zero-order chi connectivity index (χ0) is 16.3. The first kappa shape index (κ1) is 16.3. The topological polar surface area (TPSA) is 29.1 Å². The van der Waals surface area contributed by atoms with E-state index in [0.29, 0.717) is 0 Å². The van der Waals surface area contributed by atoms with Crippen LogP contribution in [0.25, 0.3) is 0 Å². The third-order valence-corrected chi connectivity index (χ3v) is 4.28. The van der Waals surface area contributed by atoms with Gasteiger partial charge in [-0.05, 0) is 62.4 Å². The second kappa shape index (κ2) is 6.78. The Hall–Kier alpha value is -2.09. The van der Waals surface area contributed by atoms with Crippen molar-refractivity contribution >= 4 is 5.91 Å². The van der Waals surface area contributed by atoms with Gasteiger partial charge in [-0.25, -0.2) is 0 Å². The smallest absolute Gasteiger partial charge is 0.252 e. The number of carbonyl (C=O) groups is 1. The monoisotopic (exact) mass is 295 g/mol. The maximum Gasteiger partial charge on any atom is 0.252 e. The summed E-state index contributed by atoms with van der Waals surface area (Å²) in [7, 11) is 0. The van der Waals surface area contributed by atoms with Crippen molar-refractivity contribution in [2.45, 2.75) is 47.1 Å². The average Bonchev–Trinajstić information content (AvgIpc) is 2.50. The minimum atomic E-state index is 0.00581. The molecule has 0 saturated carbocycles. The molecular weight excluding hydrogens is 270 g/mol. The Bertz CT molecular complexity index is 688. The average molecular weight is 295 g/mol. The van der Waals surface area contributed by atoms with Gasteiger partial charge in [-0.2, -0.15) is 0 Å². The summed E-state index contributed by atoms with van der Waals surface area (Å²) in [4.78, 5) is 12.6. The third kappa shape index (κ3) is 3.56. The van der Waals surface area contributed by atoms with Gasteiger partial charge >= 0.3 is 0 Å². The van der Waals surface area contributed by atoms with E-state index >= 15 is 0 Å². The van der Waals surface area contributed by atoms with Crippen LogP contribution in [0.1, 0.15) is 57.6 Å². The summed E-state index contributed by atoms with van der Waals surface area (Å²) >= 11 is 0. The van der Waals surface area contributed by atoms with Crippen LogP contribution in [-0.4, -0.2) is 5.91 Å². The van der Waals surface area contributed by atoms with E-state index in [1.54, 1.807) is 0 Å². The SMILES string of the molecule is CC[C@@H](NC(=O)c1cc(C)ccc1C)c1ccc(C)c(C)c1. The zero-order valence-electron chi connectivity index (χ0n) is 14.2. The van der Waals surface area contributed by atoms with Crippen molar-refractivity contribution in [1.29, 1.82) is 0 Å². The fourth-order valence-corrected chi connectivity index (χ4v) is 2.62. The number of carbonyl (C=O) groups excluding carboxylic acids is 1. The van der Waals surface area contributed by atoms with Crippen LogP contribution in [0.3, 0.4) is 0 Å². The van der Waals surface area contributed by atoms with Crippen molar-refractivity contribution in [3.63, 3.8) is 0 Å². The lowest BCUT2D eigenvalue weighted by Crippen LogP contribution is -2.28. The molecule has 1 amide bonds. The summed E-state index contributed by atoms with van der Waals surface area (Å²) in [5.74, 6) is 0.00581. The van der Waals surface area contributed by atoms with Gasteiger partial charge in [0.1, 0.15) is 0 Å². The number of hydrogen-bond donors (Lipinski definition) is 1. The molecule has 2 aromatic carbocycles. The molecule has 0 radical (unpaired) electrons. The number of amides is 1. The summed E-state index contributed by atoms with van der Waals surface area (Å²) < 4.78 is 0. The molecule has 0 heterocycles. The molecule has 0 fully saturated rings. The van der Waals surface area contributed by atoms with Crippen molar-refractivity contribution in [1.82, 2.24) is 5.32 Å². The van der Waals surface area contributed by atoms with E-state index in [0.717, 1.165) is 23.1 Å². The Morgan fingerprint density at radius 1 is 0.955 bits per heavy atom. The molecule has 1 atom stereocenters. The molecule has 0 aliphatic heterocycles. The van der Waals surface area contributed by atoms with E-state index in [1.165, 1.54) is 16.7 Å². The van der Waals surface area contributed by atoms with Gasteiger partial charge in [0.25, 0.3) is 5.91 Å². The van der Waals surface area contributed by atoms with Crippen LogP contribution in [0.15, 0.2) is 36.4 Å². The number of hydrogen-bond acceptors (Lipinski definition) is 1. The highest BCUT2D eigenvalue weighted by Crippen LogP contribution is 2.21. The lowest BCUT2D eigenvalue weighted by molar-refractivity contribution is 0.0935. The summed E-state index contributed by atoms with van der Waals surface area (Å²) in [5.41, 5.74) is 6.59. The first-order valence-corrected chi connectivity index (χ1v) is 7.87. The predicted octanol–water partition coefficient (Wildman–Crippen LogP) is 4.80. The maximum absolute atomic E-state index is 12.6. The van der Waals surface area contributed by atoms with Crippen molar-refractivity contribution in [2.75, 3.05) is 0 Å². The Kier molecular flexibility index (Phi) is 5.02. The van der Waals surface area contributed by atoms with Gasteiger partial charge in [-0.1, -0.05) is 42.8 Å². The first-order valence-electron chi connectivity index (χ1n) is 7.87. The molecule has 2 heteroatoms. The molecule has 22 heavy (non-hydrogen) atoms. The van der Waals surface area contributed by atoms with Gasteiger partial charge in [0, 0.05) is 5.56 Å². The van der Waals surface area contributed by atoms with Gasteiger partial charge < -0.3 is 5.32 Å². The summed E-state index contributed by atoms with van der Waals surface area (Å²) in [6.45, 7) is 10.3. The molecule has 2 nitrogen and oxygen atoms in total. The molecule has 0 aliphatic carbocycles. The van der Waals surface area contributed by atoms with Crippen LogP contribution in [0.2, 0.25) is 0 Å². The Morgan fingerprint density at radius 3 is 2.27 bits per heavy atom. The number of nitrogens with one attached hydrogen (secondary N) is 1. The fourth-order valence-electron chi connectivity index (χ4n) is 2.62. The van der Waals surface area contributed by atoms with E-state index in [4.69, 9.17) is 0 Å². The minimum absolute atomic E-state index is 0.00581. The number of rotatable bonds is 4. The highest BCUT2D eigenvalue weighted by Gasteiger charge is 2.16. The van der Waals surface area contributed by atoms with Gasteiger partial charge in [-0.3, -0.25) is 4.79 Å². The minimum Gasteiger partial charge on any atom is -0.345 e. The van der Waals surface area contributed by atoms with Gasteiger partial charge in [0.05, 0.1) is 6.04 Å². The summed E-state index contributed by atoms with van der Waals surface area (Å²) in [6, 6.07) is 12.4. The molecule has 0 saturated heterocycles. The predicted molar refractivity (Wildman–Crippen MR) is 92.3 cm³/mol. The zero-order valence-corrected chi connectivity index (χ0v) is 14.2. The lowest BCUT2D eigenvalue weighted by Gasteiger charge is -2.19. The van der Waals surface area contributed by atoms with Crippen LogP contribution in [0, 0.1) is 27.7 Å². The second-order valence-corrected chi connectivity index (χ2v) is 6.10. The highest BCUT2D eigenvalue weighted by molar-refractivity contribution is 5.96. The van der Waals surface area contributed by atoms with Crippen LogP contribution >= 0.6 is 0 Å². The van der Waals surface area contributed by atoms with Crippen LogP contribution in [-0.2, 0) is 0 Å². The molecule has 0 bridgehead atoms. The normalized spacial score (nSPS) is 12.0. The van der Waals surface area contributed by atoms with E-state index in [-0.39, 0.29) is 11.9 Å². The van der Waals surface area contributed by atoms with Crippen molar-refractivity contribution < 1.29 is 4.79 Å². The molecule has 2 aromatic rings. The second-order valence-electron chi connectivity index (χ2n) is 6.10. The van der Waals surface area contributed by atoms with E-state index in [2.05, 4.69) is 44.3 Å². The first-order chi connectivity index (χ1) is 10.4. The molecule has 116 valence electrons. The molecule has 0 unspecified atom stereocenters. The van der Waals surface area contributed by atoms with Gasteiger partial charge in [-0.15, -0.1) is 0 Å². The third-order valence-electron chi connectivity index (χ3n) is 4.28. The molecule has 0 aliphatic rings. The molecular formula is C20H25NO. The van der Waals surface area contributed by atoms with Crippen LogP contribution < -0.4 is 5.32 Å². The molecule has 0 spiro atoms. The van der Waals surface area contributed by atoms with Gasteiger partial charge in [0.2, 0.25) is 0 Å². The Labute approximate surface area is 133 Å². The maximum atomic E-state index is 12.6. The van der Waals surface area contributed by atoms with E-state index in [1.807, 2.05) is 32.0 Å². The molecule has 1 N–H and O–H groups in total. The van der Waals surface area contributed by atoms with E-state index in [9.17, 15) is 4.79 Å². The van der Waals surface area contributed by atoms with E-state index < -0.39 is 0 Å². The molecule has 2 rings (SSSR count). The summed E-state index contributed by atoms with van der Waals surface area (Å²) in [6.07, 6.45) is 0.874. The number of benzene rings is 2. The fraction of sp³-hybridized carbons (Fsp3) is 0.350. The highest BCUT2D eigenvalue weighted by atomic mass is 16.1. The van der Waals surface area contributed by atoms with Crippen LogP contribution in [0.4, 0.5) is 0 Å².